The Kier molecular flexibility index (Phi) is 4.26. The van der Waals surface area contributed by atoms with Gasteiger partial charge >= 0.3 is 0 Å². The monoisotopic (exact) mass is 195 g/mol. The first-order valence-corrected chi connectivity index (χ1v) is 4.29. The molecule has 0 rings (SSSR count). The summed E-state index contributed by atoms with van der Waals surface area (Å²) in [5.41, 5.74) is -1.71. The molecule has 1 N–H and O–H groups in total. The second-order valence-electron chi connectivity index (χ2n) is 4.11. The molecule has 0 aromatic carbocycles. The maximum atomic E-state index is 12.6. The third-order valence-corrected chi connectivity index (χ3v) is 2.40. The van der Waals surface area contributed by atoms with Gasteiger partial charge in [0.15, 0.2) is 0 Å². The Hall–Kier alpha value is -0.220. The summed E-state index contributed by atoms with van der Waals surface area (Å²) in [6.07, 6.45) is -2.13. The summed E-state index contributed by atoms with van der Waals surface area (Å²) < 4.78 is 30.4. The summed E-state index contributed by atoms with van der Waals surface area (Å²) in [6.45, 7) is 5.09. The number of nitrogens with one attached hydrogen (secondary N) is 1. The molecular weight excluding hydrogens is 176 g/mol. The van der Waals surface area contributed by atoms with Gasteiger partial charge in [0.25, 0.3) is 6.43 Å². The Labute approximate surface area is 78.7 Å². The van der Waals surface area contributed by atoms with E-state index in [1.54, 1.807) is 13.8 Å². The molecule has 0 heterocycles. The third-order valence-electron chi connectivity index (χ3n) is 2.40. The van der Waals surface area contributed by atoms with Crippen molar-refractivity contribution in [1.82, 2.24) is 5.32 Å². The second kappa shape index (κ2) is 4.33. The van der Waals surface area contributed by atoms with Crippen molar-refractivity contribution in [2.24, 2.45) is 0 Å². The van der Waals surface area contributed by atoms with E-state index in [0.29, 0.717) is 0 Å². The molecule has 13 heavy (non-hydrogen) atoms. The molecule has 0 amide bonds. The summed E-state index contributed by atoms with van der Waals surface area (Å²) in [4.78, 5) is 0. The number of hydrogen-bond donors (Lipinski definition) is 1. The maximum Gasteiger partial charge on any atom is 0.256 e. The van der Waals surface area contributed by atoms with Crippen molar-refractivity contribution in [3.05, 3.63) is 0 Å². The van der Waals surface area contributed by atoms with Crippen LogP contribution in [-0.2, 0) is 4.74 Å². The average molecular weight is 195 g/mol. The van der Waals surface area contributed by atoms with Gasteiger partial charge in [-0.2, -0.15) is 0 Å². The molecule has 1 unspecified atom stereocenters. The van der Waals surface area contributed by atoms with E-state index in [2.05, 4.69) is 5.32 Å². The van der Waals surface area contributed by atoms with E-state index in [-0.39, 0.29) is 6.42 Å². The number of alkyl halides is 2. The summed E-state index contributed by atoms with van der Waals surface area (Å²) >= 11 is 0. The van der Waals surface area contributed by atoms with Crippen LogP contribution in [-0.4, -0.2) is 31.7 Å². The lowest BCUT2D eigenvalue weighted by atomic mass is 9.88. The molecule has 0 aliphatic heterocycles. The highest BCUT2D eigenvalue weighted by Crippen LogP contribution is 2.27. The van der Waals surface area contributed by atoms with Gasteiger partial charge in [0, 0.05) is 7.11 Å². The SMILES string of the molecule is CNC(C)(CC(C)(C)OC)C(F)F. The quantitative estimate of drug-likeness (QED) is 0.725. The van der Waals surface area contributed by atoms with Crippen molar-refractivity contribution in [1.29, 1.82) is 0 Å². The smallest absolute Gasteiger partial charge is 0.256 e. The molecule has 0 aliphatic carbocycles. The first-order valence-electron chi connectivity index (χ1n) is 4.29. The summed E-state index contributed by atoms with van der Waals surface area (Å²) in [5.74, 6) is 0. The van der Waals surface area contributed by atoms with E-state index >= 15 is 0 Å². The van der Waals surface area contributed by atoms with Crippen LogP contribution < -0.4 is 5.32 Å². The molecule has 0 spiro atoms. The third kappa shape index (κ3) is 3.56. The van der Waals surface area contributed by atoms with Gasteiger partial charge in [-0.3, -0.25) is 0 Å². The molecular formula is C9H19F2NO. The lowest BCUT2D eigenvalue weighted by Gasteiger charge is -2.35. The van der Waals surface area contributed by atoms with E-state index in [0.717, 1.165) is 0 Å². The van der Waals surface area contributed by atoms with Gasteiger partial charge in [-0.15, -0.1) is 0 Å². The summed E-state index contributed by atoms with van der Waals surface area (Å²) in [5, 5.41) is 2.64. The lowest BCUT2D eigenvalue weighted by molar-refractivity contribution is -0.0452. The maximum absolute atomic E-state index is 12.6. The Morgan fingerprint density at radius 1 is 1.31 bits per heavy atom. The predicted molar refractivity (Wildman–Crippen MR) is 49.2 cm³/mol. The van der Waals surface area contributed by atoms with Crippen LogP contribution >= 0.6 is 0 Å². The number of rotatable bonds is 5. The predicted octanol–water partition coefficient (Wildman–Crippen LogP) is 2.04. The van der Waals surface area contributed by atoms with Gasteiger partial charge in [-0.05, 0) is 34.2 Å². The molecule has 0 aromatic heterocycles. The average Bonchev–Trinajstić information content (AvgIpc) is 2.03. The van der Waals surface area contributed by atoms with Gasteiger partial charge < -0.3 is 10.1 Å². The molecule has 4 heteroatoms. The number of halogens is 2. The van der Waals surface area contributed by atoms with Crippen molar-refractivity contribution in [3.8, 4) is 0 Å². The molecule has 0 aliphatic rings. The topological polar surface area (TPSA) is 21.3 Å². The first-order chi connectivity index (χ1) is 5.77. The van der Waals surface area contributed by atoms with Crippen LogP contribution in [0.5, 0.6) is 0 Å². The highest BCUT2D eigenvalue weighted by Gasteiger charge is 2.38. The highest BCUT2D eigenvalue weighted by atomic mass is 19.3. The minimum absolute atomic E-state index is 0.269. The number of hydrogen-bond acceptors (Lipinski definition) is 2. The molecule has 0 saturated heterocycles. The number of ether oxygens (including phenoxy) is 1. The van der Waals surface area contributed by atoms with Crippen LogP contribution in [0.1, 0.15) is 27.2 Å². The fourth-order valence-electron chi connectivity index (χ4n) is 1.23. The molecule has 0 radical (unpaired) electrons. The minimum atomic E-state index is -2.40. The minimum Gasteiger partial charge on any atom is -0.379 e. The van der Waals surface area contributed by atoms with Gasteiger partial charge in [0.1, 0.15) is 0 Å². The lowest BCUT2D eigenvalue weighted by Crippen LogP contribution is -2.51. The Morgan fingerprint density at radius 2 is 1.77 bits per heavy atom. The normalized spacial score (nSPS) is 17.5. The van der Waals surface area contributed by atoms with Crippen LogP contribution in [0.3, 0.4) is 0 Å². The van der Waals surface area contributed by atoms with Crippen molar-refractivity contribution in [3.63, 3.8) is 0 Å². The van der Waals surface area contributed by atoms with Gasteiger partial charge in [-0.1, -0.05) is 0 Å². The number of methoxy groups -OCH3 is 1. The van der Waals surface area contributed by atoms with E-state index < -0.39 is 17.6 Å². The fourth-order valence-corrected chi connectivity index (χ4v) is 1.23. The van der Waals surface area contributed by atoms with Crippen molar-refractivity contribution in [2.75, 3.05) is 14.2 Å². The standard InChI is InChI=1S/C9H19F2NO/c1-8(2,13-5)6-9(3,12-4)7(10)11/h7,12H,6H2,1-5H3. The second-order valence-corrected chi connectivity index (χ2v) is 4.11. The highest BCUT2D eigenvalue weighted by molar-refractivity contribution is 4.91. The van der Waals surface area contributed by atoms with E-state index in [1.807, 2.05) is 0 Å². The van der Waals surface area contributed by atoms with Crippen LogP contribution in [0.25, 0.3) is 0 Å². The summed E-state index contributed by atoms with van der Waals surface area (Å²) in [7, 11) is 3.07. The van der Waals surface area contributed by atoms with Crippen LogP contribution in [0.2, 0.25) is 0 Å². The molecule has 0 fully saturated rings. The Bertz CT molecular complexity index is 162. The first kappa shape index (κ1) is 12.8. The van der Waals surface area contributed by atoms with Crippen molar-refractivity contribution in [2.45, 2.75) is 44.8 Å². The largest absolute Gasteiger partial charge is 0.379 e. The molecule has 0 bridgehead atoms. The molecule has 80 valence electrons. The Balaban J connectivity index is 4.44. The summed E-state index contributed by atoms with van der Waals surface area (Å²) in [6, 6.07) is 0. The van der Waals surface area contributed by atoms with Crippen LogP contribution in [0.4, 0.5) is 8.78 Å². The zero-order valence-electron chi connectivity index (χ0n) is 8.95. The van der Waals surface area contributed by atoms with Gasteiger partial charge in [0.05, 0.1) is 11.1 Å². The van der Waals surface area contributed by atoms with E-state index in [1.165, 1.54) is 21.1 Å². The molecule has 0 aromatic rings. The Morgan fingerprint density at radius 3 is 2.00 bits per heavy atom. The molecule has 1 atom stereocenters. The van der Waals surface area contributed by atoms with E-state index in [9.17, 15) is 8.78 Å². The molecule has 2 nitrogen and oxygen atoms in total. The van der Waals surface area contributed by atoms with Crippen molar-refractivity contribution >= 4 is 0 Å². The van der Waals surface area contributed by atoms with Crippen molar-refractivity contribution < 1.29 is 13.5 Å². The zero-order valence-corrected chi connectivity index (χ0v) is 8.95. The van der Waals surface area contributed by atoms with Crippen LogP contribution in [0, 0.1) is 0 Å². The zero-order chi connectivity index (χ0) is 10.7. The molecule has 0 saturated carbocycles. The van der Waals surface area contributed by atoms with Crippen LogP contribution in [0.15, 0.2) is 0 Å². The van der Waals surface area contributed by atoms with Gasteiger partial charge in [0.2, 0.25) is 0 Å². The van der Waals surface area contributed by atoms with Gasteiger partial charge in [-0.25, -0.2) is 8.78 Å². The fraction of sp³-hybridized carbons (Fsp3) is 1.00. The van der Waals surface area contributed by atoms with E-state index in [4.69, 9.17) is 4.74 Å².